The molecule has 0 saturated heterocycles. The maximum atomic E-state index is 3.66. The third kappa shape index (κ3) is 2.03. The first-order valence-electron chi connectivity index (χ1n) is 6.39. The van der Waals surface area contributed by atoms with Crippen molar-refractivity contribution in [3.05, 3.63) is 53.3 Å². The van der Waals surface area contributed by atoms with Gasteiger partial charge in [-0.25, -0.2) is 0 Å². The summed E-state index contributed by atoms with van der Waals surface area (Å²) < 4.78 is 2.21. The van der Waals surface area contributed by atoms with Crippen LogP contribution in [0, 0.1) is 13.8 Å². The second-order valence-electron chi connectivity index (χ2n) is 4.81. The monoisotopic (exact) mass is 258 g/mol. The van der Waals surface area contributed by atoms with Crippen LogP contribution in [-0.4, -0.2) is 10.4 Å². The molecule has 1 aliphatic rings. The normalized spacial score (nSPS) is 18.4. The van der Waals surface area contributed by atoms with Crippen LogP contribution in [-0.2, 0) is 0 Å². The average molecular weight is 258 g/mol. The zero-order chi connectivity index (χ0) is 12.5. The molecule has 18 heavy (non-hydrogen) atoms. The third-order valence-electron chi connectivity index (χ3n) is 3.51. The molecule has 0 saturated carbocycles. The van der Waals surface area contributed by atoms with E-state index in [-0.39, 0.29) is 0 Å². The summed E-state index contributed by atoms with van der Waals surface area (Å²) in [6.45, 7) is 4.28. The highest BCUT2D eigenvalue weighted by atomic mass is 32.2. The highest BCUT2D eigenvalue weighted by molar-refractivity contribution is 7.99. The predicted molar refractivity (Wildman–Crippen MR) is 77.8 cm³/mol. The Hall–Kier alpha value is -1.35. The number of hydrogen-bond acceptors (Lipinski definition) is 2. The Morgan fingerprint density at radius 2 is 1.83 bits per heavy atom. The van der Waals surface area contributed by atoms with Crippen LogP contribution in [0.4, 0.5) is 0 Å². The van der Waals surface area contributed by atoms with Gasteiger partial charge in [0, 0.05) is 22.0 Å². The van der Waals surface area contributed by atoms with Gasteiger partial charge in [-0.1, -0.05) is 18.2 Å². The minimum Gasteiger partial charge on any atom is -0.318 e. The van der Waals surface area contributed by atoms with E-state index in [0.29, 0.717) is 6.04 Å². The zero-order valence-electron chi connectivity index (χ0n) is 10.8. The van der Waals surface area contributed by atoms with Gasteiger partial charge in [0.2, 0.25) is 0 Å². The molecule has 1 N–H and O–H groups in total. The van der Waals surface area contributed by atoms with Gasteiger partial charge in [-0.15, -0.1) is 11.8 Å². The van der Waals surface area contributed by atoms with Gasteiger partial charge in [0.25, 0.3) is 0 Å². The summed E-state index contributed by atoms with van der Waals surface area (Å²) in [6, 6.07) is 13.5. The molecule has 0 spiro atoms. The number of aromatic nitrogens is 1. The Labute approximate surface area is 112 Å². The lowest BCUT2D eigenvalue weighted by atomic mass is 10.0. The van der Waals surface area contributed by atoms with E-state index in [4.69, 9.17) is 0 Å². The average Bonchev–Trinajstić information content (AvgIpc) is 2.71. The van der Waals surface area contributed by atoms with E-state index in [1.54, 1.807) is 0 Å². The first-order valence-corrected chi connectivity index (χ1v) is 7.37. The quantitative estimate of drug-likeness (QED) is 0.880. The molecular weight excluding hydrogens is 240 g/mol. The number of thioether (sulfide) groups is 1. The lowest BCUT2D eigenvalue weighted by Gasteiger charge is -2.28. The fourth-order valence-electron chi connectivity index (χ4n) is 2.50. The van der Waals surface area contributed by atoms with Crippen molar-refractivity contribution in [3.63, 3.8) is 0 Å². The van der Waals surface area contributed by atoms with Crippen molar-refractivity contribution in [1.82, 2.24) is 4.68 Å². The molecule has 0 aliphatic carbocycles. The molecule has 2 aromatic rings. The van der Waals surface area contributed by atoms with Crippen molar-refractivity contribution in [2.45, 2.75) is 31.2 Å². The number of nitrogens with one attached hydrogen (secondary N) is 1. The Bertz CT molecular complexity index is 540. The van der Waals surface area contributed by atoms with E-state index < -0.39 is 0 Å². The molecular formula is C15H18N2S. The molecule has 1 aromatic heterocycles. The van der Waals surface area contributed by atoms with Gasteiger partial charge in [-0.05, 0) is 44.0 Å². The summed E-state index contributed by atoms with van der Waals surface area (Å²) in [6.07, 6.45) is 1.18. The van der Waals surface area contributed by atoms with Gasteiger partial charge in [0.1, 0.15) is 0 Å². The summed E-state index contributed by atoms with van der Waals surface area (Å²) in [4.78, 5) is 1.42. The number of benzene rings is 1. The van der Waals surface area contributed by atoms with E-state index in [1.165, 1.54) is 34.0 Å². The molecule has 3 heteroatoms. The lowest BCUT2D eigenvalue weighted by Crippen LogP contribution is -2.25. The summed E-state index contributed by atoms with van der Waals surface area (Å²) in [5.74, 6) is 1.19. The molecule has 1 aliphatic heterocycles. The van der Waals surface area contributed by atoms with Gasteiger partial charge in [0.05, 0.1) is 6.04 Å². The van der Waals surface area contributed by atoms with E-state index in [0.717, 1.165) is 0 Å². The van der Waals surface area contributed by atoms with Gasteiger partial charge in [-0.2, -0.15) is 0 Å². The molecule has 0 fully saturated rings. The molecule has 2 heterocycles. The molecule has 94 valence electrons. The van der Waals surface area contributed by atoms with Crippen LogP contribution >= 0.6 is 11.8 Å². The first-order chi connectivity index (χ1) is 8.75. The Balaban J connectivity index is 1.91. The van der Waals surface area contributed by atoms with Crippen molar-refractivity contribution in [1.29, 1.82) is 0 Å². The highest BCUT2D eigenvalue weighted by Gasteiger charge is 2.20. The van der Waals surface area contributed by atoms with Gasteiger partial charge >= 0.3 is 0 Å². The largest absolute Gasteiger partial charge is 0.318 e. The number of nitrogens with zero attached hydrogens (tertiary/aromatic N) is 1. The van der Waals surface area contributed by atoms with Crippen LogP contribution in [0.3, 0.4) is 0 Å². The van der Waals surface area contributed by atoms with Gasteiger partial charge in [-0.3, -0.25) is 4.68 Å². The number of hydrogen-bond donors (Lipinski definition) is 1. The zero-order valence-corrected chi connectivity index (χ0v) is 11.6. The second-order valence-corrected chi connectivity index (χ2v) is 5.94. The molecule has 1 atom stereocenters. The van der Waals surface area contributed by atoms with E-state index in [2.05, 4.69) is 60.3 Å². The number of fused-ring (bicyclic) bond motifs is 1. The Kier molecular flexibility index (Phi) is 3.08. The smallest absolute Gasteiger partial charge is 0.0692 e. The SMILES string of the molecule is Cc1ccc(C)n1NC1CCSc2ccccc21. The minimum atomic E-state index is 0.423. The van der Waals surface area contributed by atoms with Crippen molar-refractivity contribution in [2.24, 2.45) is 0 Å². The maximum absolute atomic E-state index is 3.66. The maximum Gasteiger partial charge on any atom is 0.0692 e. The molecule has 3 rings (SSSR count). The van der Waals surface area contributed by atoms with Crippen LogP contribution in [0.1, 0.15) is 29.4 Å². The standard InChI is InChI=1S/C15H18N2S/c1-11-7-8-12(2)17(11)16-14-9-10-18-15-6-4-3-5-13(14)15/h3-8,14,16H,9-10H2,1-2H3. The molecule has 0 radical (unpaired) electrons. The minimum absolute atomic E-state index is 0.423. The van der Waals surface area contributed by atoms with Crippen LogP contribution < -0.4 is 5.43 Å². The predicted octanol–water partition coefficient (Wildman–Crippen LogP) is 3.89. The van der Waals surface area contributed by atoms with Gasteiger partial charge < -0.3 is 5.43 Å². The molecule has 1 unspecified atom stereocenters. The van der Waals surface area contributed by atoms with Gasteiger partial charge in [0.15, 0.2) is 0 Å². The van der Waals surface area contributed by atoms with Crippen LogP contribution in [0.25, 0.3) is 0 Å². The Morgan fingerprint density at radius 3 is 2.61 bits per heavy atom. The Morgan fingerprint density at radius 1 is 1.11 bits per heavy atom. The molecule has 2 nitrogen and oxygen atoms in total. The fourth-order valence-corrected chi connectivity index (χ4v) is 3.63. The van der Waals surface area contributed by atoms with E-state index in [1.807, 2.05) is 11.8 Å². The summed E-state index contributed by atoms with van der Waals surface area (Å²) >= 11 is 1.96. The van der Waals surface area contributed by atoms with Crippen LogP contribution in [0.5, 0.6) is 0 Å². The van der Waals surface area contributed by atoms with E-state index in [9.17, 15) is 0 Å². The molecule has 0 bridgehead atoms. The molecule has 1 aromatic carbocycles. The van der Waals surface area contributed by atoms with Crippen molar-refractivity contribution < 1.29 is 0 Å². The summed E-state index contributed by atoms with van der Waals surface area (Å²) in [7, 11) is 0. The number of aryl methyl sites for hydroxylation is 2. The topological polar surface area (TPSA) is 17.0 Å². The molecule has 0 amide bonds. The van der Waals surface area contributed by atoms with Crippen LogP contribution in [0.2, 0.25) is 0 Å². The fraction of sp³-hybridized carbons (Fsp3) is 0.333. The second kappa shape index (κ2) is 4.73. The first kappa shape index (κ1) is 11.7. The summed E-state index contributed by atoms with van der Waals surface area (Å²) in [5.41, 5.74) is 7.62. The highest BCUT2D eigenvalue weighted by Crippen LogP contribution is 2.36. The van der Waals surface area contributed by atoms with Crippen molar-refractivity contribution in [3.8, 4) is 0 Å². The summed E-state index contributed by atoms with van der Waals surface area (Å²) in [5, 5.41) is 0. The van der Waals surface area contributed by atoms with Crippen LogP contribution in [0.15, 0.2) is 41.3 Å². The van der Waals surface area contributed by atoms with Crippen molar-refractivity contribution in [2.75, 3.05) is 11.2 Å². The number of rotatable bonds is 2. The lowest BCUT2D eigenvalue weighted by molar-refractivity contribution is 0.625. The van der Waals surface area contributed by atoms with E-state index >= 15 is 0 Å². The third-order valence-corrected chi connectivity index (χ3v) is 4.64. The van der Waals surface area contributed by atoms with Crippen molar-refractivity contribution >= 4 is 11.8 Å².